The molecule has 0 amide bonds. The van der Waals surface area contributed by atoms with Crippen LogP contribution in [0.4, 0.5) is 4.39 Å². The van der Waals surface area contributed by atoms with Gasteiger partial charge in [0, 0.05) is 38.1 Å². The first-order valence-corrected chi connectivity index (χ1v) is 10.3. The van der Waals surface area contributed by atoms with E-state index in [-0.39, 0.29) is 24.3 Å². The number of hydrogen-bond donors (Lipinski definition) is 1. The average molecular weight is 473 g/mol. The second-order valence-corrected chi connectivity index (χ2v) is 7.61. The Morgan fingerprint density at radius 1 is 1.21 bits per heavy atom. The zero-order valence-electron chi connectivity index (χ0n) is 18.1. The highest BCUT2D eigenvalue weighted by Crippen LogP contribution is 2.31. The Labute approximate surface area is 191 Å². The lowest BCUT2D eigenvalue weighted by atomic mass is 10.1. The number of aromatic amines is 1. The number of esters is 2. The molecule has 1 fully saturated rings. The molecule has 1 aliphatic heterocycles. The Balaban J connectivity index is 1.64. The maximum atomic E-state index is 13.2. The molecule has 3 heterocycles. The third kappa shape index (κ3) is 4.96. The quantitative estimate of drug-likeness (QED) is 0.530. The maximum Gasteiger partial charge on any atom is 0.330 e. The summed E-state index contributed by atoms with van der Waals surface area (Å²) in [5.41, 5.74) is -0.753. The van der Waals surface area contributed by atoms with Crippen LogP contribution >= 0.6 is 0 Å². The van der Waals surface area contributed by atoms with Crippen molar-refractivity contribution < 1.29 is 32.7 Å². The summed E-state index contributed by atoms with van der Waals surface area (Å²) < 4.78 is 35.6. The van der Waals surface area contributed by atoms with E-state index in [1.54, 1.807) is 0 Å². The fourth-order valence-electron chi connectivity index (χ4n) is 3.59. The molecule has 2 aromatic heterocycles. The van der Waals surface area contributed by atoms with Gasteiger partial charge in [-0.2, -0.15) is 0 Å². The highest BCUT2D eigenvalue weighted by atomic mass is 19.1. The van der Waals surface area contributed by atoms with Crippen molar-refractivity contribution in [2.45, 2.75) is 38.7 Å². The van der Waals surface area contributed by atoms with E-state index < -0.39 is 47.4 Å². The van der Waals surface area contributed by atoms with Crippen LogP contribution in [-0.2, 0) is 23.8 Å². The van der Waals surface area contributed by atoms with E-state index in [0.29, 0.717) is 11.3 Å². The Bertz CT molecular complexity index is 1330. The molecule has 12 heteroatoms. The molecule has 1 N–H and O–H groups in total. The van der Waals surface area contributed by atoms with Crippen LogP contribution in [0.15, 0.2) is 50.6 Å². The maximum absolute atomic E-state index is 13.2. The number of hydrogen-bond acceptors (Lipinski definition) is 9. The molecule has 0 bridgehead atoms. The largest absolute Gasteiger partial charge is 0.463 e. The summed E-state index contributed by atoms with van der Waals surface area (Å²) in [6, 6.07) is 6.99. The SMILES string of the molecule is CC(=O)OC[C@H]1O[C@@H](n2cc(-c3cc(-c4ccc(F)cc4)on3)c(=O)[nH]c2=O)C[C@@H]1OC(C)=O. The normalized spacial score (nSPS) is 19.7. The number of halogens is 1. The molecular weight excluding hydrogens is 453 g/mol. The van der Waals surface area contributed by atoms with Crippen LogP contribution < -0.4 is 11.2 Å². The molecule has 11 nitrogen and oxygen atoms in total. The molecular formula is C22H20FN3O8. The first-order valence-electron chi connectivity index (χ1n) is 10.3. The van der Waals surface area contributed by atoms with Crippen molar-refractivity contribution in [3.05, 3.63) is 63.2 Å². The van der Waals surface area contributed by atoms with Gasteiger partial charge < -0.3 is 18.7 Å². The van der Waals surface area contributed by atoms with Crippen molar-refractivity contribution in [3.63, 3.8) is 0 Å². The van der Waals surface area contributed by atoms with Crippen LogP contribution in [0.1, 0.15) is 26.5 Å². The lowest BCUT2D eigenvalue weighted by Gasteiger charge is -2.17. The van der Waals surface area contributed by atoms with Gasteiger partial charge in [0.25, 0.3) is 5.56 Å². The fourth-order valence-corrected chi connectivity index (χ4v) is 3.59. The first-order chi connectivity index (χ1) is 16.2. The molecule has 0 spiro atoms. The number of H-pyrrole nitrogens is 1. The zero-order valence-corrected chi connectivity index (χ0v) is 18.1. The number of nitrogens with zero attached hydrogens (tertiary/aromatic N) is 2. The molecule has 0 saturated carbocycles. The highest BCUT2D eigenvalue weighted by molar-refractivity contribution is 5.67. The number of benzene rings is 1. The smallest absolute Gasteiger partial charge is 0.330 e. The molecule has 0 aliphatic carbocycles. The van der Waals surface area contributed by atoms with E-state index in [4.69, 9.17) is 18.7 Å². The minimum absolute atomic E-state index is 0.0211. The Morgan fingerprint density at radius 2 is 1.94 bits per heavy atom. The Morgan fingerprint density at radius 3 is 2.62 bits per heavy atom. The van der Waals surface area contributed by atoms with Gasteiger partial charge in [-0.25, -0.2) is 9.18 Å². The first kappa shape index (κ1) is 23.1. The Hall–Kier alpha value is -4.06. The van der Waals surface area contributed by atoms with Gasteiger partial charge in [0.05, 0.1) is 5.56 Å². The third-order valence-electron chi connectivity index (χ3n) is 5.14. The monoisotopic (exact) mass is 473 g/mol. The number of ether oxygens (including phenoxy) is 3. The average Bonchev–Trinajstić information content (AvgIpc) is 3.40. The van der Waals surface area contributed by atoms with Crippen LogP contribution in [0.5, 0.6) is 0 Å². The standard InChI is InChI=1S/C22H20FN3O8/c1-11(27)31-10-19-18(32-12(2)28)8-20(33-19)26-9-15(21(29)24-22(26)30)16-7-17(34-25-16)13-3-5-14(23)6-4-13/h3-7,9,18-20H,8,10H2,1-2H3,(H,24,29,30)/t18-,19+,20+/m0/s1. The van der Waals surface area contributed by atoms with Crippen LogP contribution in [0, 0.1) is 5.82 Å². The summed E-state index contributed by atoms with van der Waals surface area (Å²) >= 11 is 0. The zero-order chi connectivity index (χ0) is 24.4. The van der Waals surface area contributed by atoms with Crippen LogP contribution in [0.25, 0.3) is 22.6 Å². The van der Waals surface area contributed by atoms with E-state index in [9.17, 15) is 23.6 Å². The van der Waals surface area contributed by atoms with Crippen molar-refractivity contribution in [2.75, 3.05) is 6.61 Å². The molecule has 0 radical (unpaired) electrons. The molecule has 0 unspecified atom stereocenters. The van der Waals surface area contributed by atoms with Crippen molar-refractivity contribution in [1.29, 1.82) is 0 Å². The predicted molar refractivity (Wildman–Crippen MR) is 113 cm³/mol. The second-order valence-electron chi connectivity index (χ2n) is 7.61. The molecule has 3 atom stereocenters. The summed E-state index contributed by atoms with van der Waals surface area (Å²) in [7, 11) is 0. The molecule has 1 aromatic carbocycles. The highest BCUT2D eigenvalue weighted by Gasteiger charge is 2.40. The molecule has 1 saturated heterocycles. The van der Waals surface area contributed by atoms with Crippen LogP contribution in [0.2, 0.25) is 0 Å². The molecule has 34 heavy (non-hydrogen) atoms. The lowest BCUT2D eigenvalue weighted by molar-refractivity contribution is -0.155. The predicted octanol–water partition coefficient (Wildman–Crippen LogP) is 1.78. The molecule has 3 aromatic rings. The van der Waals surface area contributed by atoms with Crippen molar-refractivity contribution in [2.24, 2.45) is 0 Å². The number of carbonyl (C=O) groups excluding carboxylic acids is 2. The minimum Gasteiger partial charge on any atom is -0.463 e. The van der Waals surface area contributed by atoms with Crippen molar-refractivity contribution in [3.8, 4) is 22.6 Å². The van der Waals surface area contributed by atoms with Gasteiger partial charge in [-0.1, -0.05) is 5.16 Å². The molecule has 178 valence electrons. The molecule has 4 rings (SSSR count). The van der Waals surface area contributed by atoms with Crippen molar-refractivity contribution in [1.82, 2.24) is 14.7 Å². The molecule has 1 aliphatic rings. The number of aromatic nitrogens is 3. The van der Waals surface area contributed by atoms with E-state index in [2.05, 4.69) is 10.1 Å². The lowest BCUT2D eigenvalue weighted by Crippen LogP contribution is -2.33. The van der Waals surface area contributed by atoms with Gasteiger partial charge in [0.1, 0.15) is 36.6 Å². The summed E-state index contributed by atoms with van der Waals surface area (Å²) in [5, 5.41) is 3.89. The summed E-state index contributed by atoms with van der Waals surface area (Å²) in [6.07, 6.45) is -1.16. The Kier molecular flexibility index (Phi) is 6.41. The second kappa shape index (κ2) is 9.43. The van der Waals surface area contributed by atoms with Crippen LogP contribution in [0.3, 0.4) is 0 Å². The number of carbonyl (C=O) groups is 2. The van der Waals surface area contributed by atoms with Crippen LogP contribution in [-0.4, -0.2) is 45.5 Å². The summed E-state index contributed by atoms with van der Waals surface area (Å²) in [5.74, 6) is -1.23. The van der Waals surface area contributed by atoms with Gasteiger partial charge in [0.15, 0.2) is 5.76 Å². The van der Waals surface area contributed by atoms with E-state index in [1.165, 1.54) is 50.4 Å². The van der Waals surface area contributed by atoms with Gasteiger partial charge in [-0.3, -0.25) is 23.9 Å². The minimum atomic E-state index is -0.920. The fraction of sp³-hybridized carbons (Fsp3) is 0.318. The number of nitrogens with one attached hydrogen (secondary N) is 1. The van der Waals surface area contributed by atoms with Gasteiger partial charge >= 0.3 is 17.6 Å². The topological polar surface area (TPSA) is 143 Å². The van der Waals surface area contributed by atoms with E-state index in [0.717, 1.165) is 4.57 Å². The van der Waals surface area contributed by atoms with E-state index >= 15 is 0 Å². The van der Waals surface area contributed by atoms with E-state index in [1.807, 2.05) is 0 Å². The summed E-state index contributed by atoms with van der Waals surface area (Å²) in [6.45, 7) is 2.27. The summed E-state index contributed by atoms with van der Waals surface area (Å²) in [4.78, 5) is 49.9. The van der Waals surface area contributed by atoms with Gasteiger partial charge in [-0.15, -0.1) is 0 Å². The van der Waals surface area contributed by atoms with Gasteiger partial charge in [0.2, 0.25) is 0 Å². The van der Waals surface area contributed by atoms with Gasteiger partial charge in [-0.05, 0) is 24.3 Å². The third-order valence-corrected chi connectivity index (χ3v) is 5.14. The van der Waals surface area contributed by atoms with Crippen molar-refractivity contribution >= 4 is 11.9 Å². The number of rotatable bonds is 6.